The van der Waals surface area contributed by atoms with Gasteiger partial charge in [-0.1, -0.05) is 28.1 Å². The number of aromatic nitrogens is 2. The predicted octanol–water partition coefficient (Wildman–Crippen LogP) is 2.60. The Morgan fingerprint density at radius 3 is 2.68 bits per heavy atom. The molecule has 1 aromatic heterocycles. The molecule has 0 aliphatic carbocycles. The fourth-order valence-electron chi connectivity index (χ4n) is 1.50. The van der Waals surface area contributed by atoms with Crippen LogP contribution in [0.25, 0.3) is 0 Å². The molecule has 0 unspecified atom stereocenters. The zero-order chi connectivity index (χ0) is 13.5. The highest BCUT2D eigenvalue weighted by Gasteiger charge is 2.01. The van der Waals surface area contributed by atoms with Crippen molar-refractivity contribution in [3.63, 3.8) is 0 Å². The Labute approximate surface area is 119 Å². The van der Waals surface area contributed by atoms with Gasteiger partial charge < -0.3 is 5.32 Å². The molecule has 0 bridgehead atoms. The molecule has 2 rings (SSSR count). The summed E-state index contributed by atoms with van der Waals surface area (Å²) in [5.41, 5.74) is 1.17. The number of halogens is 1. The van der Waals surface area contributed by atoms with Crippen LogP contribution in [0.15, 0.2) is 47.3 Å². The van der Waals surface area contributed by atoms with Gasteiger partial charge in [-0.25, -0.2) is 9.78 Å². The van der Waals surface area contributed by atoms with Gasteiger partial charge in [-0.3, -0.25) is 10.3 Å². The summed E-state index contributed by atoms with van der Waals surface area (Å²) in [5, 5.41) is 5.37. The minimum atomic E-state index is -0.280. The van der Waals surface area contributed by atoms with Crippen LogP contribution < -0.4 is 10.6 Å². The first kappa shape index (κ1) is 13.5. The highest BCUT2D eigenvalue weighted by molar-refractivity contribution is 9.10. The van der Waals surface area contributed by atoms with Crippen molar-refractivity contribution in [1.82, 2.24) is 15.3 Å². The standard InChI is InChI=1S/C13H13BrN4O/c14-11-3-1-10(2-4-11)5-6-17-13(19)18-12-9-15-7-8-16-12/h1-4,7-9H,5-6H2,(H2,16,17,18,19). The summed E-state index contributed by atoms with van der Waals surface area (Å²) < 4.78 is 1.05. The van der Waals surface area contributed by atoms with Gasteiger partial charge in [0.15, 0.2) is 5.82 Å². The van der Waals surface area contributed by atoms with Crippen LogP contribution >= 0.6 is 15.9 Å². The van der Waals surface area contributed by atoms with E-state index in [0.717, 1.165) is 10.9 Å². The molecule has 2 N–H and O–H groups in total. The van der Waals surface area contributed by atoms with Crippen molar-refractivity contribution in [2.45, 2.75) is 6.42 Å². The van der Waals surface area contributed by atoms with E-state index in [4.69, 9.17) is 0 Å². The summed E-state index contributed by atoms with van der Waals surface area (Å²) >= 11 is 3.38. The van der Waals surface area contributed by atoms with E-state index >= 15 is 0 Å². The average Bonchev–Trinajstić information content (AvgIpc) is 2.42. The van der Waals surface area contributed by atoms with E-state index in [1.807, 2.05) is 24.3 Å². The monoisotopic (exact) mass is 320 g/mol. The Hall–Kier alpha value is -1.95. The molecule has 0 fully saturated rings. The lowest BCUT2D eigenvalue weighted by molar-refractivity contribution is 0.252. The number of nitrogens with zero attached hydrogens (tertiary/aromatic N) is 2. The van der Waals surface area contributed by atoms with Crippen molar-refractivity contribution in [3.05, 3.63) is 52.9 Å². The molecule has 1 aromatic carbocycles. The van der Waals surface area contributed by atoms with E-state index in [2.05, 4.69) is 36.5 Å². The molecule has 98 valence electrons. The Kier molecular flexibility index (Phi) is 4.85. The van der Waals surface area contributed by atoms with Gasteiger partial charge in [-0.2, -0.15) is 0 Å². The zero-order valence-corrected chi connectivity index (χ0v) is 11.7. The lowest BCUT2D eigenvalue weighted by Crippen LogP contribution is -2.30. The zero-order valence-electron chi connectivity index (χ0n) is 10.1. The van der Waals surface area contributed by atoms with Crippen LogP contribution in [0.3, 0.4) is 0 Å². The first-order valence-corrected chi connectivity index (χ1v) is 6.58. The molecule has 19 heavy (non-hydrogen) atoms. The third-order valence-electron chi connectivity index (χ3n) is 2.42. The van der Waals surface area contributed by atoms with Crippen molar-refractivity contribution in [3.8, 4) is 0 Å². The number of hydrogen-bond acceptors (Lipinski definition) is 3. The molecule has 0 spiro atoms. The number of urea groups is 1. The van der Waals surface area contributed by atoms with Crippen LogP contribution in [0.5, 0.6) is 0 Å². The average molecular weight is 321 g/mol. The van der Waals surface area contributed by atoms with Crippen LogP contribution in [0, 0.1) is 0 Å². The molecule has 6 heteroatoms. The van der Waals surface area contributed by atoms with E-state index in [0.29, 0.717) is 12.4 Å². The van der Waals surface area contributed by atoms with Crippen LogP contribution in [0.4, 0.5) is 10.6 Å². The Morgan fingerprint density at radius 2 is 2.00 bits per heavy atom. The van der Waals surface area contributed by atoms with Gasteiger partial charge in [0.2, 0.25) is 0 Å². The molecule has 1 heterocycles. The maximum atomic E-state index is 11.6. The highest BCUT2D eigenvalue weighted by Crippen LogP contribution is 2.10. The van der Waals surface area contributed by atoms with Crippen LogP contribution in [0.2, 0.25) is 0 Å². The molecule has 0 atom stereocenters. The third kappa shape index (κ3) is 4.67. The van der Waals surface area contributed by atoms with Crippen molar-refractivity contribution in [2.24, 2.45) is 0 Å². The highest BCUT2D eigenvalue weighted by atomic mass is 79.9. The number of rotatable bonds is 4. The van der Waals surface area contributed by atoms with E-state index in [1.54, 1.807) is 6.20 Å². The van der Waals surface area contributed by atoms with Gasteiger partial charge in [0, 0.05) is 23.4 Å². The molecule has 2 aromatic rings. The first-order valence-electron chi connectivity index (χ1n) is 5.79. The van der Waals surface area contributed by atoms with Gasteiger partial charge in [0.05, 0.1) is 6.20 Å². The normalized spacial score (nSPS) is 9.95. The topological polar surface area (TPSA) is 66.9 Å². The molecule has 0 saturated carbocycles. The predicted molar refractivity (Wildman–Crippen MR) is 76.9 cm³/mol. The Balaban J connectivity index is 1.74. The van der Waals surface area contributed by atoms with Crippen molar-refractivity contribution >= 4 is 27.8 Å². The fraction of sp³-hybridized carbons (Fsp3) is 0.154. The second-order valence-corrected chi connectivity index (χ2v) is 4.76. The number of anilines is 1. The molecule has 0 radical (unpaired) electrons. The molecule has 5 nitrogen and oxygen atoms in total. The minimum absolute atomic E-state index is 0.280. The van der Waals surface area contributed by atoms with E-state index in [1.165, 1.54) is 18.0 Å². The Morgan fingerprint density at radius 1 is 1.21 bits per heavy atom. The molecular formula is C13H13BrN4O. The van der Waals surface area contributed by atoms with Crippen LogP contribution in [-0.4, -0.2) is 22.5 Å². The molecular weight excluding hydrogens is 308 g/mol. The fourth-order valence-corrected chi connectivity index (χ4v) is 1.76. The SMILES string of the molecule is O=C(NCCc1ccc(Br)cc1)Nc1cnccn1. The van der Waals surface area contributed by atoms with Gasteiger partial charge >= 0.3 is 6.03 Å². The largest absolute Gasteiger partial charge is 0.337 e. The van der Waals surface area contributed by atoms with Crippen molar-refractivity contribution in [2.75, 3.05) is 11.9 Å². The van der Waals surface area contributed by atoms with Gasteiger partial charge in [0.25, 0.3) is 0 Å². The molecule has 0 aliphatic heterocycles. The summed E-state index contributed by atoms with van der Waals surface area (Å²) in [7, 11) is 0. The van der Waals surface area contributed by atoms with E-state index in [-0.39, 0.29) is 6.03 Å². The number of carbonyl (C=O) groups excluding carboxylic acids is 1. The van der Waals surface area contributed by atoms with Gasteiger partial charge in [0.1, 0.15) is 0 Å². The summed E-state index contributed by atoms with van der Waals surface area (Å²) in [6, 6.07) is 7.72. The van der Waals surface area contributed by atoms with Gasteiger partial charge in [-0.15, -0.1) is 0 Å². The van der Waals surface area contributed by atoms with E-state index in [9.17, 15) is 4.79 Å². The number of nitrogens with one attached hydrogen (secondary N) is 2. The van der Waals surface area contributed by atoms with Gasteiger partial charge in [-0.05, 0) is 24.1 Å². The lowest BCUT2D eigenvalue weighted by atomic mass is 10.1. The number of hydrogen-bond donors (Lipinski definition) is 2. The van der Waals surface area contributed by atoms with Crippen molar-refractivity contribution in [1.29, 1.82) is 0 Å². The first-order chi connectivity index (χ1) is 9.24. The molecule has 0 saturated heterocycles. The van der Waals surface area contributed by atoms with Crippen LogP contribution in [0.1, 0.15) is 5.56 Å². The summed E-state index contributed by atoms with van der Waals surface area (Å²) in [5.74, 6) is 0.434. The lowest BCUT2D eigenvalue weighted by Gasteiger charge is -2.06. The summed E-state index contributed by atoms with van der Waals surface area (Å²) in [4.78, 5) is 19.4. The molecule has 2 amide bonds. The van der Waals surface area contributed by atoms with Crippen LogP contribution in [-0.2, 0) is 6.42 Å². The number of amides is 2. The third-order valence-corrected chi connectivity index (χ3v) is 2.95. The molecule has 0 aliphatic rings. The van der Waals surface area contributed by atoms with E-state index < -0.39 is 0 Å². The smallest absolute Gasteiger partial charge is 0.320 e. The number of benzene rings is 1. The maximum absolute atomic E-state index is 11.6. The minimum Gasteiger partial charge on any atom is -0.337 e. The van der Waals surface area contributed by atoms with Crippen molar-refractivity contribution < 1.29 is 4.79 Å². The maximum Gasteiger partial charge on any atom is 0.320 e. The summed E-state index contributed by atoms with van der Waals surface area (Å²) in [6.45, 7) is 0.563. The number of carbonyl (C=O) groups is 1. The summed E-state index contributed by atoms with van der Waals surface area (Å²) in [6.07, 6.45) is 5.35. The second-order valence-electron chi connectivity index (χ2n) is 3.85. The second kappa shape index (κ2) is 6.84. The quantitative estimate of drug-likeness (QED) is 0.910. The Bertz CT molecular complexity index is 530.